The lowest BCUT2D eigenvalue weighted by Crippen LogP contribution is -2.25. The molecule has 0 fully saturated rings. The van der Waals surface area contributed by atoms with Crippen LogP contribution in [-0.2, 0) is 12.8 Å². The van der Waals surface area contributed by atoms with Gasteiger partial charge in [0.1, 0.15) is 0 Å². The molecule has 0 spiro atoms. The predicted octanol–water partition coefficient (Wildman–Crippen LogP) is 3.36. The quantitative estimate of drug-likeness (QED) is 0.678. The number of benzene rings is 2. The van der Waals surface area contributed by atoms with Gasteiger partial charge in [0.2, 0.25) is 0 Å². The Morgan fingerprint density at radius 3 is 2.60 bits per heavy atom. The first kappa shape index (κ1) is 14.5. The number of nitrogens with two attached hydrogens (primary N) is 1. The molecule has 0 aliphatic rings. The van der Waals surface area contributed by atoms with E-state index in [1.807, 2.05) is 18.2 Å². The van der Waals surface area contributed by atoms with Crippen LogP contribution in [0.4, 0.5) is 5.69 Å². The lowest BCUT2D eigenvalue weighted by Gasteiger charge is -2.12. The maximum atomic E-state index is 11.0. The van der Waals surface area contributed by atoms with Crippen molar-refractivity contribution in [3.8, 4) is 0 Å². The minimum atomic E-state index is -0.374. The molecule has 2 aromatic rings. The highest BCUT2D eigenvalue weighted by atomic mass is 35.5. The Labute approximate surface area is 122 Å². The summed E-state index contributed by atoms with van der Waals surface area (Å²) >= 11 is 5.93. The first-order valence-corrected chi connectivity index (χ1v) is 6.66. The van der Waals surface area contributed by atoms with Gasteiger partial charge >= 0.3 is 0 Å². The van der Waals surface area contributed by atoms with Crippen molar-refractivity contribution in [3.05, 3.63) is 74.8 Å². The lowest BCUT2D eigenvalue weighted by molar-refractivity contribution is -0.385. The maximum absolute atomic E-state index is 11.0. The van der Waals surface area contributed by atoms with Gasteiger partial charge in [-0.1, -0.05) is 41.9 Å². The van der Waals surface area contributed by atoms with E-state index >= 15 is 0 Å². The molecule has 0 heterocycles. The molecule has 1 atom stereocenters. The topological polar surface area (TPSA) is 69.2 Å². The van der Waals surface area contributed by atoms with Gasteiger partial charge in [-0.15, -0.1) is 0 Å². The molecule has 0 aromatic heterocycles. The van der Waals surface area contributed by atoms with Crippen LogP contribution in [0.2, 0.25) is 5.02 Å². The molecular formula is C15H15ClN2O2. The van der Waals surface area contributed by atoms with Crippen LogP contribution in [-0.4, -0.2) is 11.0 Å². The minimum absolute atomic E-state index is 0.119. The van der Waals surface area contributed by atoms with Gasteiger partial charge in [-0.25, -0.2) is 0 Å². The van der Waals surface area contributed by atoms with Crippen LogP contribution in [0.3, 0.4) is 0 Å². The molecule has 2 N–H and O–H groups in total. The number of halogens is 1. The molecule has 0 aliphatic heterocycles. The Bertz CT molecular complexity index is 616. The third-order valence-corrected chi connectivity index (χ3v) is 3.29. The van der Waals surface area contributed by atoms with E-state index in [0.717, 1.165) is 5.56 Å². The summed E-state index contributed by atoms with van der Waals surface area (Å²) in [6.07, 6.45) is 1.09. The van der Waals surface area contributed by atoms with E-state index in [1.54, 1.807) is 24.3 Å². The number of para-hydroxylation sites is 1. The summed E-state index contributed by atoms with van der Waals surface area (Å²) in [5.74, 6) is 0. The van der Waals surface area contributed by atoms with Gasteiger partial charge in [0.25, 0.3) is 5.69 Å². The second kappa shape index (κ2) is 6.50. The number of hydrogen-bond acceptors (Lipinski definition) is 3. The molecule has 0 saturated heterocycles. The van der Waals surface area contributed by atoms with E-state index in [9.17, 15) is 10.1 Å². The fourth-order valence-corrected chi connectivity index (χ4v) is 2.40. The zero-order valence-electron chi connectivity index (χ0n) is 10.8. The first-order valence-electron chi connectivity index (χ1n) is 6.28. The van der Waals surface area contributed by atoms with Crippen molar-refractivity contribution >= 4 is 17.3 Å². The predicted molar refractivity (Wildman–Crippen MR) is 79.9 cm³/mol. The summed E-state index contributed by atoms with van der Waals surface area (Å²) in [4.78, 5) is 10.6. The molecule has 0 aliphatic carbocycles. The first-order chi connectivity index (χ1) is 9.56. The van der Waals surface area contributed by atoms with Gasteiger partial charge in [-0.2, -0.15) is 0 Å². The highest BCUT2D eigenvalue weighted by Gasteiger charge is 2.15. The third kappa shape index (κ3) is 3.79. The summed E-state index contributed by atoms with van der Waals surface area (Å²) < 4.78 is 0. The van der Waals surface area contributed by atoms with Crippen LogP contribution in [0.25, 0.3) is 0 Å². The van der Waals surface area contributed by atoms with Crippen LogP contribution >= 0.6 is 11.6 Å². The molecule has 0 radical (unpaired) electrons. The Balaban J connectivity index is 2.08. The fraction of sp³-hybridized carbons (Fsp3) is 0.200. The largest absolute Gasteiger partial charge is 0.327 e. The molecular weight excluding hydrogens is 276 g/mol. The number of nitrogens with zero attached hydrogens (tertiary/aromatic N) is 1. The average Bonchev–Trinajstić information content (AvgIpc) is 2.38. The fourth-order valence-electron chi connectivity index (χ4n) is 2.18. The van der Waals surface area contributed by atoms with Crippen LogP contribution in [0.1, 0.15) is 11.1 Å². The number of nitro groups is 1. The van der Waals surface area contributed by atoms with Crippen molar-refractivity contribution < 1.29 is 4.92 Å². The van der Waals surface area contributed by atoms with Gasteiger partial charge in [0, 0.05) is 22.7 Å². The van der Waals surface area contributed by atoms with E-state index in [4.69, 9.17) is 17.3 Å². The summed E-state index contributed by atoms with van der Waals surface area (Å²) in [5.41, 5.74) is 7.90. The summed E-state index contributed by atoms with van der Waals surface area (Å²) in [6, 6.07) is 14.0. The Morgan fingerprint density at radius 2 is 1.90 bits per heavy atom. The van der Waals surface area contributed by atoms with Crippen LogP contribution in [0, 0.1) is 10.1 Å². The molecule has 0 bridgehead atoms. The molecule has 1 unspecified atom stereocenters. The molecule has 0 saturated carbocycles. The molecule has 5 heteroatoms. The van der Waals surface area contributed by atoms with Crippen molar-refractivity contribution in [1.82, 2.24) is 0 Å². The second-order valence-corrected chi connectivity index (χ2v) is 5.12. The molecule has 4 nitrogen and oxygen atoms in total. The van der Waals surface area contributed by atoms with E-state index in [2.05, 4.69) is 0 Å². The normalized spacial score (nSPS) is 12.1. The van der Waals surface area contributed by atoms with E-state index in [0.29, 0.717) is 23.4 Å². The number of nitro benzene ring substituents is 1. The standard InChI is InChI=1S/C15H15ClN2O2/c16-13-6-3-4-11(8-13)9-14(17)10-12-5-1-2-7-15(12)18(19)20/h1-8,14H,9-10,17H2. The molecule has 2 rings (SSSR count). The summed E-state index contributed by atoms with van der Waals surface area (Å²) in [7, 11) is 0. The van der Waals surface area contributed by atoms with Crippen molar-refractivity contribution in [1.29, 1.82) is 0 Å². The minimum Gasteiger partial charge on any atom is -0.327 e. The van der Waals surface area contributed by atoms with Crippen molar-refractivity contribution in [2.24, 2.45) is 5.73 Å². The monoisotopic (exact) mass is 290 g/mol. The van der Waals surface area contributed by atoms with Gasteiger partial charge in [0.05, 0.1) is 4.92 Å². The maximum Gasteiger partial charge on any atom is 0.272 e. The van der Waals surface area contributed by atoms with E-state index in [-0.39, 0.29) is 16.7 Å². The Morgan fingerprint density at radius 1 is 1.15 bits per heavy atom. The van der Waals surface area contributed by atoms with Gasteiger partial charge in [-0.05, 0) is 30.5 Å². The Kier molecular flexibility index (Phi) is 4.71. The van der Waals surface area contributed by atoms with E-state index in [1.165, 1.54) is 6.07 Å². The van der Waals surface area contributed by atoms with Gasteiger partial charge < -0.3 is 5.73 Å². The van der Waals surface area contributed by atoms with Crippen LogP contribution < -0.4 is 5.73 Å². The number of hydrogen-bond donors (Lipinski definition) is 1. The summed E-state index contributed by atoms with van der Waals surface area (Å²) in [6.45, 7) is 0. The van der Waals surface area contributed by atoms with Crippen LogP contribution in [0.5, 0.6) is 0 Å². The highest BCUT2D eigenvalue weighted by molar-refractivity contribution is 6.30. The lowest BCUT2D eigenvalue weighted by atomic mass is 9.99. The summed E-state index contributed by atoms with van der Waals surface area (Å²) in [5, 5.41) is 11.6. The van der Waals surface area contributed by atoms with E-state index < -0.39 is 0 Å². The Hall–Kier alpha value is -1.91. The molecule has 20 heavy (non-hydrogen) atoms. The average molecular weight is 291 g/mol. The van der Waals surface area contributed by atoms with Crippen molar-refractivity contribution in [2.45, 2.75) is 18.9 Å². The molecule has 104 valence electrons. The van der Waals surface area contributed by atoms with Gasteiger partial charge in [0.15, 0.2) is 0 Å². The SMILES string of the molecule is NC(Cc1cccc(Cl)c1)Cc1ccccc1[N+](=O)[O-]. The second-order valence-electron chi connectivity index (χ2n) is 4.68. The smallest absolute Gasteiger partial charge is 0.272 e. The molecule has 0 amide bonds. The third-order valence-electron chi connectivity index (χ3n) is 3.06. The van der Waals surface area contributed by atoms with Crippen molar-refractivity contribution in [3.63, 3.8) is 0 Å². The molecule has 2 aromatic carbocycles. The number of rotatable bonds is 5. The van der Waals surface area contributed by atoms with Gasteiger partial charge in [-0.3, -0.25) is 10.1 Å². The highest BCUT2D eigenvalue weighted by Crippen LogP contribution is 2.20. The van der Waals surface area contributed by atoms with Crippen LogP contribution in [0.15, 0.2) is 48.5 Å². The zero-order chi connectivity index (χ0) is 14.5. The van der Waals surface area contributed by atoms with Crippen molar-refractivity contribution in [2.75, 3.05) is 0 Å². The zero-order valence-corrected chi connectivity index (χ0v) is 11.6.